The summed E-state index contributed by atoms with van der Waals surface area (Å²) in [6.07, 6.45) is 5.63. The molecule has 0 bridgehead atoms. The standard InChI is InChI=1S/C21H20ClN5OS/c1-29-15-10-8-14(9-11-15)25-21-23-12-17(22)19(27-21)26-18-5-3-2-4-16(18)20(28)24-13-6-7-13/h2-5,8-13H,6-7H2,1H3,(H,24,28)(H2,23,25,26,27). The molecule has 3 aromatic rings. The summed E-state index contributed by atoms with van der Waals surface area (Å²) in [4.78, 5) is 22.4. The Hall–Kier alpha value is -2.77. The molecule has 0 atom stereocenters. The van der Waals surface area contributed by atoms with E-state index in [9.17, 15) is 4.79 Å². The first-order chi connectivity index (χ1) is 14.1. The first-order valence-corrected chi connectivity index (χ1v) is 10.8. The fourth-order valence-corrected chi connectivity index (χ4v) is 3.27. The van der Waals surface area contributed by atoms with Crippen molar-refractivity contribution in [1.29, 1.82) is 0 Å². The van der Waals surface area contributed by atoms with Gasteiger partial charge in [0.1, 0.15) is 5.02 Å². The zero-order valence-electron chi connectivity index (χ0n) is 15.8. The fraction of sp³-hybridized carbons (Fsp3) is 0.190. The third kappa shape index (κ3) is 4.99. The lowest BCUT2D eigenvalue weighted by molar-refractivity contribution is 0.0952. The maximum Gasteiger partial charge on any atom is 0.253 e. The van der Waals surface area contributed by atoms with E-state index in [0.29, 0.717) is 28.0 Å². The smallest absolute Gasteiger partial charge is 0.253 e. The Morgan fingerprint density at radius 2 is 1.86 bits per heavy atom. The van der Waals surface area contributed by atoms with Gasteiger partial charge in [0.2, 0.25) is 5.95 Å². The number of hydrogen-bond acceptors (Lipinski definition) is 6. The highest BCUT2D eigenvalue weighted by Crippen LogP contribution is 2.28. The first-order valence-electron chi connectivity index (χ1n) is 9.23. The van der Waals surface area contributed by atoms with Gasteiger partial charge in [-0.3, -0.25) is 4.79 Å². The molecule has 8 heteroatoms. The Labute approximate surface area is 178 Å². The van der Waals surface area contributed by atoms with Gasteiger partial charge in [-0.05, 0) is 55.5 Å². The molecule has 0 saturated heterocycles. The van der Waals surface area contributed by atoms with Gasteiger partial charge in [0.15, 0.2) is 5.82 Å². The molecular formula is C21H20ClN5OS. The van der Waals surface area contributed by atoms with Gasteiger partial charge in [-0.1, -0.05) is 23.7 Å². The average molecular weight is 426 g/mol. The highest BCUT2D eigenvalue weighted by Gasteiger charge is 2.25. The van der Waals surface area contributed by atoms with E-state index < -0.39 is 0 Å². The molecule has 2 aromatic carbocycles. The number of amides is 1. The summed E-state index contributed by atoms with van der Waals surface area (Å²) in [5, 5.41) is 9.72. The number of aromatic nitrogens is 2. The Kier molecular flexibility index (Phi) is 5.87. The first kappa shape index (κ1) is 19.5. The highest BCUT2D eigenvalue weighted by molar-refractivity contribution is 7.98. The van der Waals surface area contributed by atoms with Gasteiger partial charge in [-0.15, -0.1) is 11.8 Å². The van der Waals surface area contributed by atoms with Crippen molar-refractivity contribution in [3.8, 4) is 0 Å². The highest BCUT2D eigenvalue weighted by atomic mass is 35.5. The van der Waals surface area contributed by atoms with E-state index in [2.05, 4.69) is 25.9 Å². The van der Waals surface area contributed by atoms with Gasteiger partial charge in [0.25, 0.3) is 5.91 Å². The molecule has 1 aliphatic rings. The minimum atomic E-state index is -0.104. The molecule has 4 rings (SSSR count). The molecule has 0 radical (unpaired) electrons. The van der Waals surface area contributed by atoms with Crippen LogP contribution in [0.4, 0.5) is 23.1 Å². The van der Waals surface area contributed by atoms with Crippen molar-refractivity contribution in [3.63, 3.8) is 0 Å². The molecule has 3 N–H and O–H groups in total. The lowest BCUT2D eigenvalue weighted by atomic mass is 10.1. The summed E-state index contributed by atoms with van der Waals surface area (Å²) in [6.45, 7) is 0. The van der Waals surface area contributed by atoms with Crippen LogP contribution in [-0.2, 0) is 0 Å². The Bertz CT molecular complexity index is 1020. The van der Waals surface area contributed by atoms with Crippen molar-refractivity contribution in [1.82, 2.24) is 15.3 Å². The second kappa shape index (κ2) is 8.71. The zero-order chi connectivity index (χ0) is 20.2. The number of carbonyl (C=O) groups excluding carboxylic acids is 1. The predicted molar refractivity (Wildman–Crippen MR) is 119 cm³/mol. The van der Waals surface area contributed by atoms with E-state index in [1.54, 1.807) is 17.8 Å². The van der Waals surface area contributed by atoms with Crippen LogP contribution in [0.25, 0.3) is 0 Å². The SMILES string of the molecule is CSc1ccc(Nc2ncc(Cl)c(Nc3ccccc3C(=O)NC3CC3)n2)cc1. The maximum atomic E-state index is 12.5. The van der Waals surface area contributed by atoms with E-state index in [0.717, 1.165) is 18.5 Å². The van der Waals surface area contributed by atoms with Crippen molar-refractivity contribution in [3.05, 3.63) is 65.3 Å². The third-order valence-corrected chi connectivity index (χ3v) is 5.45. The monoisotopic (exact) mass is 425 g/mol. The van der Waals surface area contributed by atoms with E-state index in [4.69, 9.17) is 11.6 Å². The van der Waals surface area contributed by atoms with Crippen LogP contribution < -0.4 is 16.0 Å². The summed E-state index contributed by atoms with van der Waals surface area (Å²) in [5.74, 6) is 0.735. The summed E-state index contributed by atoms with van der Waals surface area (Å²) in [7, 11) is 0. The Balaban J connectivity index is 1.54. The molecule has 1 aromatic heterocycles. The van der Waals surface area contributed by atoms with E-state index >= 15 is 0 Å². The summed E-state index contributed by atoms with van der Waals surface area (Å²) >= 11 is 7.98. The topological polar surface area (TPSA) is 78.9 Å². The molecule has 0 spiro atoms. The maximum absolute atomic E-state index is 12.5. The van der Waals surface area contributed by atoms with Crippen molar-refractivity contribution in [2.45, 2.75) is 23.8 Å². The third-order valence-electron chi connectivity index (χ3n) is 4.43. The summed E-state index contributed by atoms with van der Waals surface area (Å²) in [6, 6.07) is 15.6. The number of halogens is 1. The fourth-order valence-electron chi connectivity index (χ4n) is 2.73. The summed E-state index contributed by atoms with van der Waals surface area (Å²) in [5.41, 5.74) is 2.07. The van der Waals surface area contributed by atoms with E-state index in [-0.39, 0.29) is 11.9 Å². The number of rotatable bonds is 7. The van der Waals surface area contributed by atoms with Crippen molar-refractivity contribution < 1.29 is 4.79 Å². The van der Waals surface area contributed by atoms with Gasteiger partial charge < -0.3 is 16.0 Å². The van der Waals surface area contributed by atoms with Crippen molar-refractivity contribution in [2.24, 2.45) is 0 Å². The van der Waals surface area contributed by atoms with E-state index in [1.807, 2.05) is 48.7 Å². The van der Waals surface area contributed by atoms with Crippen LogP contribution in [0.3, 0.4) is 0 Å². The van der Waals surface area contributed by atoms with Gasteiger partial charge >= 0.3 is 0 Å². The Morgan fingerprint density at radius 1 is 1.10 bits per heavy atom. The molecule has 1 fully saturated rings. The number of nitrogens with zero attached hydrogens (tertiary/aromatic N) is 2. The van der Waals surface area contributed by atoms with Crippen LogP contribution in [0, 0.1) is 0 Å². The van der Waals surface area contributed by atoms with Gasteiger partial charge in [0, 0.05) is 16.6 Å². The normalized spacial score (nSPS) is 13.0. The molecule has 6 nitrogen and oxygen atoms in total. The molecular weight excluding hydrogens is 406 g/mol. The lowest BCUT2D eigenvalue weighted by Gasteiger charge is -2.13. The molecule has 1 saturated carbocycles. The Morgan fingerprint density at radius 3 is 2.59 bits per heavy atom. The van der Waals surface area contributed by atoms with Crippen LogP contribution in [-0.4, -0.2) is 28.2 Å². The van der Waals surface area contributed by atoms with Crippen molar-refractivity contribution >= 4 is 52.4 Å². The van der Waals surface area contributed by atoms with Crippen LogP contribution in [0.5, 0.6) is 0 Å². The van der Waals surface area contributed by atoms with Gasteiger partial charge in [-0.25, -0.2) is 4.98 Å². The molecule has 1 amide bonds. The number of para-hydroxylation sites is 1. The molecule has 0 aliphatic heterocycles. The minimum absolute atomic E-state index is 0.104. The second-order valence-corrected chi connectivity index (χ2v) is 7.95. The largest absolute Gasteiger partial charge is 0.349 e. The number of hydrogen-bond donors (Lipinski definition) is 3. The number of carbonyl (C=O) groups is 1. The van der Waals surface area contributed by atoms with Crippen LogP contribution in [0.2, 0.25) is 5.02 Å². The van der Waals surface area contributed by atoms with Gasteiger partial charge in [0.05, 0.1) is 17.4 Å². The van der Waals surface area contributed by atoms with Crippen LogP contribution >= 0.6 is 23.4 Å². The summed E-state index contributed by atoms with van der Waals surface area (Å²) < 4.78 is 0. The van der Waals surface area contributed by atoms with Gasteiger partial charge in [-0.2, -0.15) is 4.98 Å². The molecule has 1 heterocycles. The lowest BCUT2D eigenvalue weighted by Crippen LogP contribution is -2.26. The minimum Gasteiger partial charge on any atom is -0.349 e. The zero-order valence-corrected chi connectivity index (χ0v) is 17.3. The number of thioether (sulfide) groups is 1. The van der Waals surface area contributed by atoms with Crippen LogP contribution in [0.15, 0.2) is 59.6 Å². The second-order valence-electron chi connectivity index (χ2n) is 6.66. The predicted octanol–water partition coefficient (Wildman–Crippen LogP) is 5.23. The number of benzene rings is 2. The number of nitrogens with one attached hydrogen (secondary N) is 3. The molecule has 29 heavy (non-hydrogen) atoms. The van der Waals surface area contributed by atoms with Crippen LogP contribution in [0.1, 0.15) is 23.2 Å². The molecule has 1 aliphatic carbocycles. The number of anilines is 4. The molecule has 0 unspecified atom stereocenters. The van der Waals surface area contributed by atoms with E-state index in [1.165, 1.54) is 11.1 Å². The molecule has 148 valence electrons. The average Bonchev–Trinajstić information content (AvgIpc) is 3.55. The quantitative estimate of drug-likeness (QED) is 0.450. The van der Waals surface area contributed by atoms with Crippen molar-refractivity contribution in [2.75, 3.05) is 16.9 Å².